The SMILES string of the molecule is CCCOCc1cc(C(C)(c2cc(C(=O)CCC)cc(C(=O)CCC)c2)c2cc(COCCC)c(O)c(C(=O)CCC)c2)cc(COCCC)c1O. The molecule has 0 saturated carbocycles. The van der Waals surface area contributed by atoms with Crippen LogP contribution in [-0.4, -0.2) is 47.4 Å². The maximum absolute atomic E-state index is 13.6. The van der Waals surface area contributed by atoms with Crippen molar-refractivity contribution < 1.29 is 38.8 Å². The van der Waals surface area contributed by atoms with Gasteiger partial charge in [0, 0.05) is 72.3 Å². The van der Waals surface area contributed by atoms with Crippen molar-refractivity contribution in [1.29, 1.82) is 0 Å². The predicted octanol–water partition coefficient (Wildman–Crippen LogP) is 10.2. The number of Topliss-reactive ketones (excluding diaryl/α,β-unsaturated/α-hetero) is 3. The summed E-state index contributed by atoms with van der Waals surface area (Å²) in [7, 11) is 0. The van der Waals surface area contributed by atoms with E-state index in [0.29, 0.717) is 90.9 Å². The molecule has 0 aliphatic heterocycles. The van der Waals surface area contributed by atoms with Crippen LogP contribution in [0.2, 0.25) is 0 Å². The zero-order valence-electron chi connectivity index (χ0n) is 32.5. The minimum atomic E-state index is -1.11. The molecule has 0 aliphatic carbocycles. The molecule has 8 nitrogen and oxygen atoms in total. The number of phenolic OH excluding ortho intramolecular Hbond substituents is 2. The van der Waals surface area contributed by atoms with E-state index in [9.17, 15) is 24.6 Å². The van der Waals surface area contributed by atoms with E-state index in [0.717, 1.165) is 24.8 Å². The Hall–Kier alpha value is -3.85. The van der Waals surface area contributed by atoms with E-state index < -0.39 is 5.41 Å². The Morgan fingerprint density at radius 1 is 0.500 bits per heavy atom. The average molecular weight is 717 g/mol. The van der Waals surface area contributed by atoms with Gasteiger partial charge in [-0.25, -0.2) is 0 Å². The number of carbonyl (C=O) groups is 3. The third-order valence-corrected chi connectivity index (χ3v) is 9.32. The summed E-state index contributed by atoms with van der Waals surface area (Å²) in [6, 6.07) is 12.8. The van der Waals surface area contributed by atoms with Gasteiger partial charge in [0.2, 0.25) is 0 Å². The second kappa shape index (κ2) is 21.0. The zero-order valence-corrected chi connectivity index (χ0v) is 32.5. The number of ether oxygens (including phenoxy) is 3. The Morgan fingerprint density at radius 3 is 1.27 bits per heavy atom. The lowest BCUT2D eigenvalue weighted by molar-refractivity contribution is 0.0967. The van der Waals surface area contributed by atoms with Crippen LogP contribution in [-0.2, 0) is 39.4 Å². The first-order valence-corrected chi connectivity index (χ1v) is 19.2. The number of phenols is 2. The first-order valence-electron chi connectivity index (χ1n) is 19.2. The first-order chi connectivity index (χ1) is 25.0. The standard InChI is InChI=1S/C44H60O8/c1-8-14-39(45)30-20-31(40(46)15-9-2)22-35(21-30)44(7,36-23-32(27-50-17-11-4)42(48)33(24-36)28-51-18-12-5)37-25-34(29-52-19-13-6)43(49)38(26-37)41(47)16-10-3/h20-26,48-49H,8-19,27-29H2,1-7H3. The van der Waals surface area contributed by atoms with Crippen molar-refractivity contribution in [3.05, 3.63) is 92.5 Å². The van der Waals surface area contributed by atoms with Crippen LogP contribution in [0.5, 0.6) is 11.5 Å². The van der Waals surface area contributed by atoms with Crippen molar-refractivity contribution in [3.63, 3.8) is 0 Å². The van der Waals surface area contributed by atoms with E-state index in [1.54, 1.807) is 12.1 Å². The van der Waals surface area contributed by atoms with Gasteiger partial charge in [-0.3, -0.25) is 14.4 Å². The molecule has 0 spiro atoms. The van der Waals surface area contributed by atoms with Gasteiger partial charge in [-0.1, -0.05) is 41.5 Å². The fourth-order valence-corrected chi connectivity index (χ4v) is 6.40. The molecule has 0 fully saturated rings. The molecule has 52 heavy (non-hydrogen) atoms. The summed E-state index contributed by atoms with van der Waals surface area (Å²) in [4.78, 5) is 40.8. The third kappa shape index (κ3) is 10.6. The van der Waals surface area contributed by atoms with E-state index in [4.69, 9.17) is 14.2 Å². The van der Waals surface area contributed by atoms with Crippen LogP contribution >= 0.6 is 0 Å². The summed E-state index contributed by atoms with van der Waals surface area (Å²) < 4.78 is 17.8. The number of hydrogen-bond acceptors (Lipinski definition) is 8. The Balaban J connectivity index is 2.54. The number of benzene rings is 3. The maximum atomic E-state index is 13.6. The number of aromatic hydroxyl groups is 2. The lowest BCUT2D eigenvalue weighted by atomic mass is 9.68. The van der Waals surface area contributed by atoms with Crippen molar-refractivity contribution in [1.82, 2.24) is 0 Å². The van der Waals surface area contributed by atoms with Gasteiger partial charge in [-0.15, -0.1) is 0 Å². The largest absolute Gasteiger partial charge is 0.507 e. The third-order valence-electron chi connectivity index (χ3n) is 9.32. The van der Waals surface area contributed by atoms with Crippen LogP contribution in [0.4, 0.5) is 0 Å². The highest BCUT2D eigenvalue weighted by molar-refractivity contribution is 6.02. The van der Waals surface area contributed by atoms with Crippen molar-refractivity contribution in [2.45, 2.75) is 131 Å². The molecule has 2 N–H and O–H groups in total. The number of hydrogen-bond donors (Lipinski definition) is 2. The fourth-order valence-electron chi connectivity index (χ4n) is 6.40. The highest BCUT2D eigenvalue weighted by Gasteiger charge is 2.36. The normalized spacial score (nSPS) is 12.5. The number of carbonyl (C=O) groups excluding carboxylic acids is 3. The second-order valence-corrected chi connectivity index (χ2v) is 13.8. The van der Waals surface area contributed by atoms with Crippen LogP contribution in [0.1, 0.15) is 171 Å². The number of ketones is 3. The van der Waals surface area contributed by atoms with Crippen LogP contribution in [0.25, 0.3) is 0 Å². The van der Waals surface area contributed by atoms with Crippen LogP contribution in [0.3, 0.4) is 0 Å². The minimum absolute atomic E-state index is 0.0663. The molecule has 0 aliphatic rings. The van der Waals surface area contributed by atoms with E-state index in [1.807, 2.05) is 78.8 Å². The van der Waals surface area contributed by atoms with Crippen molar-refractivity contribution in [2.24, 2.45) is 0 Å². The molecule has 3 rings (SSSR count). The zero-order chi connectivity index (χ0) is 38.3. The molecule has 0 bridgehead atoms. The molecule has 0 radical (unpaired) electrons. The van der Waals surface area contributed by atoms with E-state index in [2.05, 4.69) is 0 Å². The van der Waals surface area contributed by atoms with Crippen LogP contribution in [0, 0.1) is 0 Å². The highest BCUT2D eigenvalue weighted by Crippen LogP contribution is 2.45. The van der Waals surface area contributed by atoms with Gasteiger partial charge >= 0.3 is 0 Å². The number of rotatable bonds is 24. The molecule has 3 aromatic rings. The first kappa shape index (κ1) is 42.6. The summed E-state index contributed by atoms with van der Waals surface area (Å²) in [6.07, 6.45) is 5.21. The summed E-state index contributed by atoms with van der Waals surface area (Å²) >= 11 is 0. The summed E-state index contributed by atoms with van der Waals surface area (Å²) in [5, 5.41) is 23.0. The Kier molecular flexibility index (Phi) is 17.2. The Morgan fingerprint density at radius 2 is 0.865 bits per heavy atom. The predicted molar refractivity (Wildman–Crippen MR) is 206 cm³/mol. The molecular weight excluding hydrogens is 656 g/mol. The van der Waals surface area contributed by atoms with Gasteiger partial charge in [-0.05, 0) is 105 Å². The molecule has 1 unspecified atom stereocenters. The van der Waals surface area contributed by atoms with Gasteiger partial charge in [0.1, 0.15) is 11.5 Å². The van der Waals surface area contributed by atoms with E-state index >= 15 is 0 Å². The lowest BCUT2D eigenvalue weighted by Crippen LogP contribution is -2.28. The van der Waals surface area contributed by atoms with E-state index in [1.165, 1.54) is 0 Å². The molecule has 3 aromatic carbocycles. The Labute approximate surface area is 310 Å². The van der Waals surface area contributed by atoms with Crippen molar-refractivity contribution in [3.8, 4) is 11.5 Å². The van der Waals surface area contributed by atoms with Crippen LogP contribution in [0.15, 0.2) is 42.5 Å². The van der Waals surface area contributed by atoms with Gasteiger partial charge in [0.05, 0.1) is 25.4 Å². The topological polar surface area (TPSA) is 119 Å². The van der Waals surface area contributed by atoms with Gasteiger partial charge in [-0.2, -0.15) is 0 Å². The van der Waals surface area contributed by atoms with Gasteiger partial charge in [0.15, 0.2) is 17.3 Å². The van der Waals surface area contributed by atoms with Crippen molar-refractivity contribution >= 4 is 17.3 Å². The lowest BCUT2D eigenvalue weighted by Gasteiger charge is -2.34. The average Bonchev–Trinajstić information content (AvgIpc) is 3.13. The van der Waals surface area contributed by atoms with E-state index in [-0.39, 0.29) is 60.7 Å². The minimum Gasteiger partial charge on any atom is -0.507 e. The molecule has 1 atom stereocenters. The van der Waals surface area contributed by atoms with Gasteiger partial charge in [0.25, 0.3) is 0 Å². The van der Waals surface area contributed by atoms with Crippen LogP contribution < -0.4 is 0 Å². The second-order valence-electron chi connectivity index (χ2n) is 13.8. The molecule has 0 aromatic heterocycles. The smallest absolute Gasteiger partial charge is 0.166 e. The summed E-state index contributed by atoms with van der Waals surface area (Å²) in [6.45, 7) is 15.8. The molecule has 0 heterocycles. The monoisotopic (exact) mass is 716 g/mol. The highest BCUT2D eigenvalue weighted by atomic mass is 16.5. The molecule has 0 saturated heterocycles. The quantitative estimate of drug-likeness (QED) is 0.0534. The summed E-state index contributed by atoms with van der Waals surface area (Å²) in [5.41, 5.74) is 3.65. The van der Waals surface area contributed by atoms with Crippen molar-refractivity contribution in [2.75, 3.05) is 19.8 Å². The Bertz CT molecular complexity index is 1590. The molecular formula is C44H60O8. The molecule has 0 amide bonds. The fraction of sp³-hybridized carbons (Fsp3) is 0.523. The molecule has 284 valence electrons. The molecule has 8 heteroatoms. The summed E-state index contributed by atoms with van der Waals surface area (Å²) in [5.74, 6) is -0.354. The van der Waals surface area contributed by atoms with Gasteiger partial charge < -0.3 is 24.4 Å². The maximum Gasteiger partial charge on any atom is 0.166 e.